The van der Waals surface area contributed by atoms with E-state index in [9.17, 15) is 5.11 Å². The highest BCUT2D eigenvalue weighted by molar-refractivity contribution is 5.38. The Labute approximate surface area is 84.1 Å². The fourth-order valence-corrected chi connectivity index (χ4v) is 2.13. The Morgan fingerprint density at radius 3 is 3.07 bits per heavy atom. The van der Waals surface area contributed by atoms with E-state index in [2.05, 4.69) is 11.9 Å². The molecular formula is C11H16N2O. The summed E-state index contributed by atoms with van der Waals surface area (Å²) in [5.74, 6) is 0.351. The van der Waals surface area contributed by atoms with E-state index >= 15 is 0 Å². The number of phenols is 1. The number of aromatic hydroxyl groups is 1. The normalized spacial score (nSPS) is 22.0. The Morgan fingerprint density at radius 1 is 1.57 bits per heavy atom. The maximum atomic E-state index is 9.37. The van der Waals surface area contributed by atoms with Crippen LogP contribution in [0.25, 0.3) is 0 Å². The van der Waals surface area contributed by atoms with Gasteiger partial charge in [0.05, 0.1) is 0 Å². The molecule has 76 valence electrons. The summed E-state index contributed by atoms with van der Waals surface area (Å²) in [5.41, 5.74) is 8.24. The maximum absolute atomic E-state index is 9.37. The first-order valence-corrected chi connectivity index (χ1v) is 4.94. The Kier molecular flexibility index (Phi) is 2.44. The zero-order chi connectivity index (χ0) is 10.1. The zero-order valence-electron chi connectivity index (χ0n) is 8.40. The van der Waals surface area contributed by atoms with Crippen molar-refractivity contribution in [1.29, 1.82) is 0 Å². The van der Waals surface area contributed by atoms with Crippen molar-refractivity contribution >= 4 is 0 Å². The minimum absolute atomic E-state index is 0.305. The van der Waals surface area contributed by atoms with E-state index in [1.807, 2.05) is 12.1 Å². The Hall–Kier alpha value is -1.06. The molecular weight excluding hydrogens is 176 g/mol. The number of likely N-dealkylation sites (N-methyl/N-ethyl adjacent to an activating group) is 1. The highest BCUT2D eigenvalue weighted by Gasteiger charge is 2.23. The molecule has 1 heterocycles. The Balaban J connectivity index is 2.41. The highest BCUT2D eigenvalue weighted by atomic mass is 16.3. The molecule has 0 fully saturated rings. The number of nitrogens with two attached hydrogens (primary N) is 1. The molecule has 0 bridgehead atoms. The average molecular weight is 192 g/mol. The first-order valence-electron chi connectivity index (χ1n) is 4.94. The van der Waals surface area contributed by atoms with Crippen molar-refractivity contribution in [2.45, 2.75) is 12.5 Å². The molecule has 0 amide bonds. The molecule has 1 atom stereocenters. The minimum Gasteiger partial charge on any atom is -0.508 e. The lowest BCUT2D eigenvalue weighted by atomic mass is 9.93. The molecule has 14 heavy (non-hydrogen) atoms. The number of phenolic OH excluding ortho intramolecular Hbond substituents is 1. The van der Waals surface area contributed by atoms with Gasteiger partial charge in [-0.2, -0.15) is 0 Å². The number of nitrogens with zero attached hydrogens (tertiary/aromatic N) is 1. The molecule has 1 unspecified atom stereocenters. The summed E-state index contributed by atoms with van der Waals surface area (Å²) in [6, 6.07) is 5.88. The van der Waals surface area contributed by atoms with Crippen LogP contribution in [0.1, 0.15) is 17.2 Å². The van der Waals surface area contributed by atoms with Gasteiger partial charge in [-0.05, 0) is 36.7 Å². The van der Waals surface area contributed by atoms with Gasteiger partial charge in [0.1, 0.15) is 5.75 Å². The van der Waals surface area contributed by atoms with Crippen LogP contribution in [0, 0.1) is 0 Å². The molecule has 1 aromatic carbocycles. The topological polar surface area (TPSA) is 49.5 Å². The van der Waals surface area contributed by atoms with Crippen LogP contribution in [0.15, 0.2) is 18.2 Å². The summed E-state index contributed by atoms with van der Waals surface area (Å²) >= 11 is 0. The van der Waals surface area contributed by atoms with Gasteiger partial charge in [0.15, 0.2) is 0 Å². The molecule has 1 aliphatic heterocycles. The number of rotatable bonds is 1. The largest absolute Gasteiger partial charge is 0.508 e. The van der Waals surface area contributed by atoms with E-state index in [0.717, 1.165) is 13.0 Å². The molecule has 0 saturated heterocycles. The zero-order valence-corrected chi connectivity index (χ0v) is 8.40. The smallest absolute Gasteiger partial charge is 0.115 e. The third kappa shape index (κ3) is 1.49. The lowest BCUT2D eigenvalue weighted by Gasteiger charge is -2.33. The summed E-state index contributed by atoms with van der Waals surface area (Å²) in [4.78, 5) is 2.26. The van der Waals surface area contributed by atoms with Crippen LogP contribution in [-0.4, -0.2) is 30.1 Å². The van der Waals surface area contributed by atoms with Crippen LogP contribution in [0.5, 0.6) is 5.75 Å². The van der Waals surface area contributed by atoms with Gasteiger partial charge in [-0.1, -0.05) is 6.07 Å². The summed E-state index contributed by atoms with van der Waals surface area (Å²) in [7, 11) is 2.09. The van der Waals surface area contributed by atoms with Crippen molar-refractivity contribution < 1.29 is 5.11 Å². The van der Waals surface area contributed by atoms with E-state index in [1.54, 1.807) is 6.07 Å². The number of benzene rings is 1. The van der Waals surface area contributed by atoms with Crippen LogP contribution in [0.4, 0.5) is 0 Å². The van der Waals surface area contributed by atoms with Gasteiger partial charge in [0.2, 0.25) is 0 Å². The van der Waals surface area contributed by atoms with Crippen molar-refractivity contribution in [2.24, 2.45) is 5.73 Å². The lowest BCUT2D eigenvalue weighted by Crippen LogP contribution is -2.36. The van der Waals surface area contributed by atoms with Gasteiger partial charge in [0.25, 0.3) is 0 Å². The molecule has 2 rings (SSSR count). The van der Waals surface area contributed by atoms with Gasteiger partial charge in [-0.25, -0.2) is 0 Å². The molecule has 3 N–H and O–H groups in total. The predicted octanol–water partition coefficient (Wildman–Crippen LogP) is 0.880. The van der Waals surface area contributed by atoms with Gasteiger partial charge in [-0.3, -0.25) is 4.90 Å². The van der Waals surface area contributed by atoms with E-state index in [4.69, 9.17) is 5.73 Å². The molecule has 0 aliphatic carbocycles. The summed E-state index contributed by atoms with van der Waals surface area (Å²) < 4.78 is 0. The second-order valence-electron chi connectivity index (χ2n) is 3.87. The minimum atomic E-state index is 0.305. The summed E-state index contributed by atoms with van der Waals surface area (Å²) in [5, 5.41) is 9.37. The molecule has 0 spiro atoms. The monoisotopic (exact) mass is 192 g/mol. The van der Waals surface area contributed by atoms with Gasteiger partial charge < -0.3 is 10.8 Å². The molecule has 3 heteroatoms. The molecule has 1 aliphatic rings. The van der Waals surface area contributed by atoms with Gasteiger partial charge >= 0.3 is 0 Å². The first-order chi connectivity index (χ1) is 6.72. The van der Waals surface area contributed by atoms with Gasteiger partial charge in [0, 0.05) is 19.1 Å². The van der Waals surface area contributed by atoms with Crippen LogP contribution in [0.3, 0.4) is 0 Å². The van der Waals surface area contributed by atoms with Crippen molar-refractivity contribution in [3.8, 4) is 5.75 Å². The van der Waals surface area contributed by atoms with E-state index < -0.39 is 0 Å². The standard InChI is InChI=1S/C11H16N2O/c1-13-5-4-8-6-9(14)2-3-10(8)11(13)7-12/h2-3,6,11,14H,4-5,7,12H2,1H3. The van der Waals surface area contributed by atoms with Crippen LogP contribution < -0.4 is 5.73 Å². The molecule has 1 aromatic rings. The number of hydrogen-bond acceptors (Lipinski definition) is 3. The predicted molar refractivity (Wildman–Crippen MR) is 56.2 cm³/mol. The Bertz CT molecular complexity index is 338. The summed E-state index contributed by atoms with van der Waals surface area (Å²) in [6.07, 6.45) is 0.997. The highest BCUT2D eigenvalue weighted by Crippen LogP contribution is 2.29. The molecule has 3 nitrogen and oxygen atoms in total. The molecule has 0 saturated carbocycles. The second kappa shape index (κ2) is 3.59. The maximum Gasteiger partial charge on any atom is 0.115 e. The SMILES string of the molecule is CN1CCc2cc(O)ccc2C1CN. The Morgan fingerprint density at radius 2 is 2.36 bits per heavy atom. The first kappa shape index (κ1) is 9.49. The average Bonchev–Trinajstić information content (AvgIpc) is 2.18. The van der Waals surface area contributed by atoms with Crippen LogP contribution in [-0.2, 0) is 6.42 Å². The summed E-state index contributed by atoms with van der Waals surface area (Å²) in [6.45, 7) is 1.65. The van der Waals surface area contributed by atoms with Crippen molar-refractivity contribution in [2.75, 3.05) is 20.1 Å². The second-order valence-corrected chi connectivity index (χ2v) is 3.87. The van der Waals surface area contributed by atoms with Crippen molar-refractivity contribution in [3.05, 3.63) is 29.3 Å². The third-order valence-corrected chi connectivity index (χ3v) is 2.97. The van der Waals surface area contributed by atoms with Crippen LogP contribution >= 0.6 is 0 Å². The van der Waals surface area contributed by atoms with Crippen molar-refractivity contribution in [3.63, 3.8) is 0 Å². The van der Waals surface area contributed by atoms with Crippen molar-refractivity contribution in [1.82, 2.24) is 4.90 Å². The molecule has 0 radical (unpaired) electrons. The van der Waals surface area contributed by atoms with E-state index in [0.29, 0.717) is 18.3 Å². The van der Waals surface area contributed by atoms with E-state index in [1.165, 1.54) is 11.1 Å². The fourth-order valence-electron chi connectivity index (χ4n) is 2.13. The number of hydrogen-bond donors (Lipinski definition) is 2. The molecule has 0 aromatic heterocycles. The fraction of sp³-hybridized carbons (Fsp3) is 0.455. The third-order valence-electron chi connectivity index (χ3n) is 2.97. The number of fused-ring (bicyclic) bond motifs is 1. The van der Waals surface area contributed by atoms with Crippen LogP contribution in [0.2, 0.25) is 0 Å². The lowest BCUT2D eigenvalue weighted by molar-refractivity contribution is 0.236. The quantitative estimate of drug-likeness (QED) is 0.694. The van der Waals surface area contributed by atoms with Gasteiger partial charge in [-0.15, -0.1) is 0 Å². The van der Waals surface area contributed by atoms with E-state index in [-0.39, 0.29) is 0 Å².